The van der Waals surface area contributed by atoms with Crippen molar-refractivity contribution in [3.63, 3.8) is 0 Å². The first-order valence-corrected chi connectivity index (χ1v) is 7.26. The van der Waals surface area contributed by atoms with Crippen LogP contribution in [-0.2, 0) is 16.0 Å². The minimum atomic E-state index is -0.831. The number of anilines is 1. The summed E-state index contributed by atoms with van der Waals surface area (Å²) in [6, 6.07) is 8.60. The molecule has 1 amide bonds. The Labute approximate surface area is 133 Å². The number of rotatable bonds is 5. The average molecular weight is 314 g/mol. The molecule has 0 saturated carbocycles. The first-order chi connectivity index (χ1) is 11.0. The fourth-order valence-corrected chi connectivity index (χ4v) is 2.17. The van der Waals surface area contributed by atoms with Crippen LogP contribution in [0.2, 0.25) is 0 Å². The van der Waals surface area contributed by atoms with Crippen molar-refractivity contribution in [3.05, 3.63) is 63.6 Å². The maximum atomic E-state index is 12.0. The highest BCUT2D eigenvalue weighted by Gasteiger charge is 2.14. The molecule has 0 aliphatic rings. The van der Waals surface area contributed by atoms with Gasteiger partial charge in [-0.05, 0) is 36.6 Å². The first kappa shape index (κ1) is 16.5. The number of carbonyl (C=O) groups excluding carboxylic acids is 2. The van der Waals surface area contributed by atoms with Gasteiger partial charge in [-0.1, -0.05) is 25.1 Å². The zero-order valence-electron chi connectivity index (χ0n) is 13.0. The molecule has 23 heavy (non-hydrogen) atoms. The molecular weight excluding hydrogens is 296 g/mol. The van der Waals surface area contributed by atoms with Gasteiger partial charge >= 0.3 is 5.97 Å². The van der Waals surface area contributed by atoms with Gasteiger partial charge in [0.1, 0.15) is 5.56 Å². The number of aromatic amines is 1. The van der Waals surface area contributed by atoms with Crippen LogP contribution in [0.25, 0.3) is 0 Å². The van der Waals surface area contributed by atoms with E-state index in [1.54, 1.807) is 0 Å². The van der Waals surface area contributed by atoms with Crippen molar-refractivity contribution in [1.29, 1.82) is 0 Å². The van der Waals surface area contributed by atoms with Gasteiger partial charge in [-0.15, -0.1) is 0 Å². The van der Waals surface area contributed by atoms with Crippen LogP contribution in [0.1, 0.15) is 28.4 Å². The van der Waals surface area contributed by atoms with E-state index in [2.05, 4.69) is 10.3 Å². The quantitative estimate of drug-likeness (QED) is 0.827. The molecular formula is C17H18N2O4. The Kier molecular flexibility index (Phi) is 5.30. The molecule has 0 aliphatic heterocycles. The Morgan fingerprint density at radius 3 is 2.70 bits per heavy atom. The van der Waals surface area contributed by atoms with Gasteiger partial charge in [-0.2, -0.15) is 0 Å². The summed E-state index contributed by atoms with van der Waals surface area (Å²) in [6.07, 6.45) is 2.19. The highest BCUT2D eigenvalue weighted by Crippen LogP contribution is 2.20. The van der Waals surface area contributed by atoms with Crippen molar-refractivity contribution >= 4 is 17.6 Å². The summed E-state index contributed by atoms with van der Waals surface area (Å²) < 4.78 is 4.89. The number of hydrogen-bond acceptors (Lipinski definition) is 4. The summed E-state index contributed by atoms with van der Waals surface area (Å²) in [7, 11) is 0. The van der Waals surface area contributed by atoms with Crippen molar-refractivity contribution in [2.75, 3.05) is 11.9 Å². The van der Waals surface area contributed by atoms with Gasteiger partial charge in [0.25, 0.3) is 11.5 Å². The largest absolute Gasteiger partial charge is 0.452 e. The van der Waals surface area contributed by atoms with E-state index in [0.29, 0.717) is 0 Å². The molecule has 2 rings (SSSR count). The zero-order chi connectivity index (χ0) is 16.8. The van der Waals surface area contributed by atoms with Crippen LogP contribution in [0.5, 0.6) is 0 Å². The SMILES string of the molecule is CCc1cccc(C)c1NC(=O)COC(=O)c1ccc[nH]c1=O. The van der Waals surface area contributed by atoms with Gasteiger partial charge in [-0.3, -0.25) is 9.59 Å². The Bertz CT molecular complexity index is 780. The zero-order valence-corrected chi connectivity index (χ0v) is 13.0. The molecule has 1 aromatic heterocycles. The predicted molar refractivity (Wildman–Crippen MR) is 86.5 cm³/mol. The Balaban J connectivity index is 2.00. The second kappa shape index (κ2) is 7.40. The molecule has 0 atom stereocenters. The summed E-state index contributed by atoms with van der Waals surface area (Å²) in [6.45, 7) is 3.43. The van der Waals surface area contributed by atoms with Gasteiger partial charge in [-0.25, -0.2) is 4.79 Å². The molecule has 0 bridgehead atoms. The average Bonchev–Trinajstić information content (AvgIpc) is 2.55. The molecule has 120 valence electrons. The van der Waals surface area contributed by atoms with E-state index in [-0.39, 0.29) is 5.56 Å². The number of aryl methyl sites for hydroxylation is 2. The van der Waals surface area contributed by atoms with Crippen LogP contribution in [0.4, 0.5) is 5.69 Å². The van der Waals surface area contributed by atoms with E-state index in [1.807, 2.05) is 32.0 Å². The number of ether oxygens (including phenoxy) is 1. The monoisotopic (exact) mass is 314 g/mol. The Morgan fingerprint density at radius 1 is 1.22 bits per heavy atom. The minimum Gasteiger partial charge on any atom is -0.452 e. The Morgan fingerprint density at radius 2 is 2.00 bits per heavy atom. The number of para-hydroxylation sites is 1. The molecule has 2 aromatic rings. The fourth-order valence-electron chi connectivity index (χ4n) is 2.17. The van der Waals surface area contributed by atoms with Crippen LogP contribution in [0.3, 0.4) is 0 Å². The van der Waals surface area contributed by atoms with Gasteiger partial charge in [0.05, 0.1) is 0 Å². The van der Waals surface area contributed by atoms with E-state index in [1.165, 1.54) is 18.3 Å². The van der Waals surface area contributed by atoms with Gasteiger partial charge < -0.3 is 15.0 Å². The molecule has 1 aromatic carbocycles. The highest BCUT2D eigenvalue weighted by atomic mass is 16.5. The fraction of sp³-hybridized carbons (Fsp3) is 0.235. The lowest BCUT2D eigenvalue weighted by Gasteiger charge is -2.13. The van der Waals surface area contributed by atoms with E-state index in [0.717, 1.165) is 23.2 Å². The lowest BCUT2D eigenvalue weighted by atomic mass is 10.1. The molecule has 0 radical (unpaired) electrons. The Hall–Kier alpha value is -2.89. The second-order valence-electron chi connectivity index (χ2n) is 5.00. The molecule has 6 nitrogen and oxygen atoms in total. The van der Waals surface area contributed by atoms with Crippen molar-refractivity contribution in [2.24, 2.45) is 0 Å². The first-order valence-electron chi connectivity index (χ1n) is 7.26. The number of carbonyl (C=O) groups is 2. The molecule has 0 fully saturated rings. The van der Waals surface area contributed by atoms with Crippen molar-refractivity contribution in [1.82, 2.24) is 4.98 Å². The van der Waals surface area contributed by atoms with E-state index in [4.69, 9.17) is 4.74 Å². The number of benzene rings is 1. The van der Waals surface area contributed by atoms with Crippen LogP contribution >= 0.6 is 0 Å². The lowest BCUT2D eigenvalue weighted by Crippen LogP contribution is -2.25. The molecule has 2 N–H and O–H groups in total. The van der Waals surface area contributed by atoms with Gasteiger partial charge in [0.2, 0.25) is 0 Å². The molecule has 0 aliphatic carbocycles. The smallest absolute Gasteiger partial charge is 0.344 e. The summed E-state index contributed by atoms with van der Waals surface area (Å²) in [4.78, 5) is 37.6. The summed E-state index contributed by atoms with van der Waals surface area (Å²) in [5.74, 6) is -1.28. The number of pyridine rings is 1. The van der Waals surface area contributed by atoms with Gasteiger partial charge in [0.15, 0.2) is 6.61 Å². The number of amides is 1. The summed E-state index contributed by atoms with van der Waals surface area (Å²) in [5, 5.41) is 2.75. The summed E-state index contributed by atoms with van der Waals surface area (Å²) >= 11 is 0. The van der Waals surface area contributed by atoms with Crippen molar-refractivity contribution in [2.45, 2.75) is 20.3 Å². The third kappa shape index (κ3) is 4.06. The third-order valence-corrected chi connectivity index (χ3v) is 3.38. The maximum absolute atomic E-state index is 12.0. The molecule has 6 heteroatoms. The predicted octanol–water partition coefficient (Wildman–Crippen LogP) is 2.04. The number of H-pyrrole nitrogens is 1. The van der Waals surface area contributed by atoms with E-state index in [9.17, 15) is 14.4 Å². The molecule has 0 unspecified atom stereocenters. The van der Waals surface area contributed by atoms with E-state index < -0.39 is 24.0 Å². The van der Waals surface area contributed by atoms with Crippen LogP contribution in [0, 0.1) is 6.92 Å². The number of esters is 1. The van der Waals surface area contributed by atoms with Crippen LogP contribution in [0.15, 0.2) is 41.3 Å². The van der Waals surface area contributed by atoms with Crippen LogP contribution in [-0.4, -0.2) is 23.5 Å². The minimum absolute atomic E-state index is 0.134. The topological polar surface area (TPSA) is 88.3 Å². The third-order valence-electron chi connectivity index (χ3n) is 3.38. The molecule has 1 heterocycles. The lowest BCUT2D eigenvalue weighted by molar-refractivity contribution is -0.119. The number of hydrogen-bond donors (Lipinski definition) is 2. The van der Waals surface area contributed by atoms with E-state index >= 15 is 0 Å². The van der Waals surface area contributed by atoms with Crippen molar-refractivity contribution in [3.8, 4) is 0 Å². The van der Waals surface area contributed by atoms with Gasteiger partial charge in [0, 0.05) is 11.9 Å². The molecule has 0 saturated heterocycles. The molecule has 0 spiro atoms. The second-order valence-corrected chi connectivity index (χ2v) is 5.00. The van der Waals surface area contributed by atoms with Crippen LogP contribution < -0.4 is 10.9 Å². The standard InChI is InChI=1S/C17H18N2O4/c1-3-12-7-4-6-11(2)15(12)19-14(20)10-23-17(22)13-8-5-9-18-16(13)21/h4-9H,3,10H2,1-2H3,(H,18,21)(H,19,20). The highest BCUT2D eigenvalue weighted by molar-refractivity contribution is 5.96. The van der Waals surface area contributed by atoms with Crippen molar-refractivity contribution < 1.29 is 14.3 Å². The normalized spacial score (nSPS) is 10.2. The summed E-state index contributed by atoms with van der Waals surface area (Å²) in [5.41, 5.74) is 1.98. The maximum Gasteiger partial charge on any atom is 0.344 e. The number of aromatic nitrogens is 1. The number of nitrogens with one attached hydrogen (secondary N) is 2.